The molecule has 10 nitrogen and oxygen atoms in total. The maximum absolute atomic E-state index is 13.0. The van der Waals surface area contributed by atoms with Gasteiger partial charge in [-0.1, -0.05) is 12.1 Å². The number of benzene rings is 2. The maximum atomic E-state index is 13.0. The van der Waals surface area contributed by atoms with Crippen LogP contribution in [0.15, 0.2) is 82.3 Å². The van der Waals surface area contributed by atoms with Gasteiger partial charge in [0.2, 0.25) is 5.91 Å². The van der Waals surface area contributed by atoms with Gasteiger partial charge in [-0.2, -0.15) is 10.2 Å². The van der Waals surface area contributed by atoms with E-state index < -0.39 is 0 Å². The molecule has 2 amide bonds. The fourth-order valence-corrected chi connectivity index (χ4v) is 4.44. The zero-order valence-electron chi connectivity index (χ0n) is 20.9. The Labute approximate surface area is 214 Å². The average Bonchev–Trinajstić information content (AvgIpc) is 3.55. The van der Waals surface area contributed by atoms with Crippen molar-refractivity contribution in [2.75, 3.05) is 23.7 Å². The van der Waals surface area contributed by atoms with Gasteiger partial charge in [-0.05, 0) is 68.3 Å². The number of aromatic nitrogens is 2. The van der Waals surface area contributed by atoms with Crippen LogP contribution in [0, 0.1) is 12.8 Å². The quantitative estimate of drug-likeness (QED) is 0.483. The topological polar surface area (TPSA) is 116 Å². The molecule has 1 unspecified atom stereocenters. The summed E-state index contributed by atoms with van der Waals surface area (Å²) < 4.78 is 1.71. The number of aryl methyl sites for hydroxylation is 1. The minimum Gasteiger partial charge on any atom is -0.356 e. The molecule has 0 saturated heterocycles. The molecule has 5 rings (SSSR count). The van der Waals surface area contributed by atoms with Gasteiger partial charge in [-0.3, -0.25) is 14.6 Å². The number of nitrogens with one attached hydrogen (secondary N) is 3. The van der Waals surface area contributed by atoms with Gasteiger partial charge in [0.05, 0.1) is 18.2 Å². The van der Waals surface area contributed by atoms with E-state index in [2.05, 4.69) is 31.1 Å². The van der Waals surface area contributed by atoms with Gasteiger partial charge in [0.25, 0.3) is 5.91 Å². The Hall–Kier alpha value is -4.73. The number of hydrogen-bond donors (Lipinski definition) is 3. The average molecular weight is 497 g/mol. The van der Waals surface area contributed by atoms with Crippen LogP contribution in [0.5, 0.6) is 0 Å². The highest BCUT2D eigenvalue weighted by molar-refractivity contribution is 6.13. The van der Waals surface area contributed by atoms with Crippen molar-refractivity contribution in [2.24, 2.45) is 16.0 Å². The van der Waals surface area contributed by atoms with Crippen LogP contribution < -0.4 is 16.0 Å². The molecule has 1 aromatic heterocycles. The normalized spacial score (nSPS) is 16.4. The van der Waals surface area contributed by atoms with Crippen LogP contribution in [0.1, 0.15) is 29.8 Å². The van der Waals surface area contributed by atoms with Gasteiger partial charge in [-0.15, -0.1) is 0 Å². The molecule has 0 saturated carbocycles. The lowest BCUT2D eigenvalue weighted by atomic mass is 10.0. The van der Waals surface area contributed by atoms with Crippen LogP contribution >= 0.6 is 0 Å². The minimum atomic E-state index is -0.290. The number of aliphatic imine (C=N–C) groups is 1. The predicted molar refractivity (Wildman–Crippen MR) is 144 cm³/mol. The van der Waals surface area contributed by atoms with Crippen LogP contribution in [-0.4, -0.2) is 51.9 Å². The molecule has 3 heterocycles. The summed E-state index contributed by atoms with van der Waals surface area (Å²) in [6.07, 6.45) is 5.00. The van der Waals surface area contributed by atoms with Crippen LogP contribution in [0.4, 0.5) is 11.4 Å². The number of hydrogen-bond acceptors (Lipinski definition) is 7. The number of carbonyl (C=O) groups is 2. The molecule has 2 aliphatic rings. The summed E-state index contributed by atoms with van der Waals surface area (Å²) in [5.74, 6) is 0.0736. The first-order valence-electron chi connectivity index (χ1n) is 12.1. The van der Waals surface area contributed by atoms with E-state index >= 15 is 0 Å². The molecule has 3 N–H and O–H groups in total. The summed E-state index contributed by atoms with van der Waals surface area (Å²) in [4.78, 5) is 30.0. The molecule has 0 fully saturated rings. The Bertz CT molecular complexity index is 1440. The second-order valence-corrected chi connectivity index (χ2v) is 8.88. The molecule has 2 aliphatic heterocycles. The fourth-order valence-electron chi connectivity index (χ4n) is 4.44. The van der Waals surface area contributed by atoms with Crippen LogP contribution in [0.2, 0.25) is 0 Å². The van der Waals surface area contributed by atoms with Crippen molar-refractivity contribution in [1.82, 2.24) is 20.1 Å². The standard InChI is InChI=1S/C27H28N8O2/c1-4-28-27(37)22-15-35-24(18(22)3)25(29-16-31-35)33-23-14-20(10-9-17(23)2)32-26(36)19-7-5-8-21(13-19)34-12-6-11-30-34/h5-14,16,22H,4,15H2,1-3H3,(H,28,37)(H,32,36)(H,29,31,33). The Balaban J connectivity index is 1.35. The lowest BCUT2D eigenvalue weighted by Gasteiger charge is -2.22. The molecular formula is C27H28N8O2. The van der Waals surface area contributed by atoms with Crippen molar-refractivity contribution in [2.45, 2.75) is 20.8 Å². The molecule has 188 valence electrons. The lowest BCUT2D eigenvalue weighted by Crippen LogP contribution is -2.33. The summed E-state index contributed by atoms with van der Waals surface area (Å²) >= 11 is 0. The van der Waals surface area contributed by atoms with Crippen LogP contribution in [0.25, 0.3) is 5.69 Å². The summed E-state index contributed by atoms with van der Waals surface area (Å²) in [7, 11) is 0. The van der Waals surface area contributed by atoms with Crippen molar-refractivity contribution in [3.05, 3.63) is 83.3 Å². The fraction of sp³-hybridized carbons (Fsp3) is 0.222. The van der Waals surface area contributed by atoms with Crippen molar-refractivity contribution >= 4 is 35.4 Å². The molecule has 0 bridgehead atoms. The highest BCUT2D eigenvalue weighted by Crippen LogP contribution is 2.32. The third-order valence-electron chi connectivity index (χ3n) is 6.41. The molecule has 10 heteroatoms. The van der Waals surface area contributed by atoms with Crippen molar-refractivity contribution in [1.29, 1.82) is 0 Å². The van der Waals surface area contributed by atoms with Gasteiger partial charge in [-0.25, -0.2) is 9.67 Å². The first kappa shape index (κ1) is 24.0. The third kappa shape index (κ3) is 4.86. The van der Waals surface area contributed by atoms with Gasteiger partial charge in [0.15, 0.2) is 5.84 Å². The maximum Gasteiger partial charge on any atom is 0.255 e. The molecule has 0 aliphatic carbocycles. The zero-order chi connectivity index (χ0) is 25.9. The van der Waals surface area contributed by atoms with E-state index in [1.54, 1.807) is 28.0 Å². The molecule has 37 heavy (non-hydrogen) atoms. The Morgan fingerprint density at radius 2 is 1.97 bits per heavy atom. The van der Waals surface area contributed by atoms with Crippen molar-refractivity contribution in [3.8, 4) is 5.69 Å². The van der Waals surface area contributed by atoms with Gasteiger partial charge < -0.3 is 16.0 Å². The van der Waals surface area contributed by atoms with E-state index in [0.717, 1.165) is 28.2 Å². The summed E-state index contributed by atoms with van der Waals surface area (Å²) in [5, 5.41) is 19.6. The third-order valence-corrected chi connectivity index (χ3v) is 6.41. The largest absolute Gasteiger partial charge is 0.356 e. The lowest BCUT2D eigenvalue weighted by molar-refractivity contribution is -0.123. The number of carbonyl (C=O) groups excluding carboxylic acids is 2. The SMILES string of the molecule is CCNC(=O)C1CN2N=CN=C(Nc3cc(NC(=O)c4cccc(-n5cccn5)c4)ccc3C)C2=C1C. The van der Waals surface area contributed by atoms with E-state index in [-0.39, 0.29) is 17.7 Å². The monoisotopic (exact) mass is 496 g/mol. The van der Waals surface area contributed by atoms with E-state index in [9.17, 15) is 9.59 Å². The van der Waals surface area contributed by atoms with Gasteiger partial charge in [0.1, 0.15) is 12.0 Å². The second-order valence-electron chi connectivity index (χ2n) is 8.88. The smallest absolute Gasteiger partial charge is 0.255 e. The van der Waals surface area contributed by atoms with Crippen LogP contribution in [-0.2, 0) is 4.79 Å². The zero-order valence-corrected chi connectivity index (χ0v) is 20.9. The second kappa shape index (κ2) is 10.1. The predicted octanol–water partition coefficient (Wildman–Crippen LogP) is 3.54. The highest BCUT2D eigenvalue weighted by Gasteiger charge is 2.37. The highest BCUT2D eigenvalue weighted by atomic mass is 16.2. The molecule has 3 aromatic rings. The number of rotatable bonds is 6. The molecule has 0 radical (unpaired) electrons. The van der Waals surface area contributed by atoms with Gasteiger partial charge in [0, 0.05) is 35.9 Å². The number of amides is 2. The molecule has 0 spiro atoms. The summed E-state index contributed by atoms with van der Waals surface area (Å²) in [5.41, 5.74) is 5.44. The number of hydrazone groups is 1. The number of amidine groups is 1. The summed E-state index contributed by atoms with van der Waals surface area (Å²) in [6.45, 7) is 6.86. The minimum absolute atomic E-state index is 0.0195. The Kier molecular flexibility index (Phi) is 6.55. The van der Waals surface area contributed by atoms with Crippen molar-refractivity contribution < 1.29 is 9.59 Å². The number of fused-ring (bicyclic) bond motifs is 1. The van der Waals surface area contributed by atoms with Gasteiger partial charge >= 0.3 is 0 Å². The molecular weight excluding hydrogens is 468 g/mol. The molecule has 1 atom stereocenters. The van der Waals surface area contributed by atoms with E-state index in [0.29, 0.717) is 30.2 Å². The number of nitrogens with zero attached hydrogens (tertiary/aromatic N) is 5. The molecule has 2 aromatic carbocycles. The Morgan fingerprint density at radius 1 is 1.11 bits per heavy atom. The Morgan fingerprint density at radius 3 is 2.76 bits per heavy atom. The first-order valence-corrected chi connectivity index (χ1v) is 12.1. The summed E-state index contributed by atoms with van der Waals surface area (Å²) in [6, 6.07) is 14.8. The van der Waals surface area contributed by atoms with E-state index in [4.69, 9.17) is 0 Å². The van der Waals surface area contributed by atoms with E-state index in [1.165, 1.54) is 6.34 Å². The van der Waals surface area contributed by atoms with Crippen molar-refractivity contribution in [3.63, 3.8) is 0 Å². The number of anilines is 2. The first-order chi connectivity index (χ1) is 17.9. The van der Waals surface area contributed by atoms with Crippen LogP contribution in [0.3, 0.4) is 0 Å². The van der Waals surface area contributed by atoms with E-state index in [1.807, 2.05) is 63.4 Å².